The maximum absolute atomic E-state index is 10.8. The summed E-state index contributed by atoms with van der Waals surface area (Å²) in [6, 6.07) is 4.10. The molecule has 1 heterocycles. The van der Waals surface area contributed by atoms with Gasteiger partial charge in [-0.15, -0.1) is 0 Å². The first-order valence-electron chi connectivity index (χ1n) is 5.01. The number of methoxy groups -OCH3 is 1. The van der Waals surface area contributed by atoms with Crippen molar-refractivity contribution < 1.29 is 9.53 Å². The average Bonchev–Trinajstić information content (AvgIpc) is 2.85. The van der Waals surface area contributed by atoms with Crippen LogP contribution in [0.25, 0.3) is 0 Å². The van der Waals surface area contributed by atoms with E-state index in [4.69, 9.17) is 4.74 Å². The van der Waals surface area contributed by atoms with Gasteiger partial charge in [-0.05, 0) is 31.4 Å². The molecule has 0 N–H and O–H groups in total. The molecular formula is C11H15NO2. The molecule has 0 spiro atoms. The Morgan fingerprint density at radius 3 is 3.14 bits per heavy atom. The number of ether oxygens (including phenoxy) is 1. The van der Waals surface area contributed by atoms with Gasteiger partial charge in [-0.3, -0.25) is 4.79 Å². The number of hydrogen-bond donors (Lipinski definition) is 0. The third-order valence-corrected chi connectivity index (χ3v) is 3.01. The van der Waals surface area contributed by atoms with Crippen LogP contribution in [0.4, 0.5) is 0 Å². The van der Waals surface area contributed by atoms with E-state index in [0.29, 0.717) is 6.04 Å². The summed E-state index contributed by atoms with van der Waals surface area (Å²) >= 11 is 0. The van der Waals surface area contributed by atoms with E-state index in [1.807, 2.05) is 22.9 Å². The van der Waals surface area contributed by atoms with E-state index in [9.17, 15) is 4.79 Å². The maximum atomic E-state index is 10.8. The molecule has 14 heavy (non-hydrogen) atoms. The standard InChI is InChI=1S/C11H15NO2/c1-14-11-6-2-5-10(11)12-7-3-4-9(12)8-13/h3-4,7-8,10-11H,2,5-6H2,1H3. The molecule has 2 atom stereocenters. The molecule has 1 fully saturated rings. The second-order valence-corrected chi connectivity index (χ2v) is 3.73. The maximum Gasteiger partial charge on any atom is 0.166 e. The Kier molecular flexibility index (Phi) is 2.68. The number of rotatable bonds is 3. The quantitative estimate of drug-likeness (QED) is 0.688. The van der Waals surface area contributed by atoms with Crippen LogP contribution in [0.5, 0.6) is 0 Å². The van der Waals surface area contributed by atoms with Crippen molar-refractivity contribution in [3.63, 3.8) is 0 Å². The van der Waals surface area contributed by atoms with Crippen molar-refractivity contribution in [3.8, 4) is 0 Å². The van der Waals surface area contributed by atoms with Gasteiger partial charge >= 0.3 is 0 Å². The molecule has 0 saturated heterocycles. The highest BCUT2D eigenvalue weighted by atomic mass is 16.5. The molecule has 1 saturated carbocycles. The minimum Gasteiger partial charge on any atom is -0.379 e. The first kappa shape index (κ1) is 9.46. The summed E-state index contributed by atoms with van der Waals surface area (Å²) < 4.78 is 7.45. The van der Waals surface area contributed by atoms with Crippen molar-refractivity contribution in [2.45, 2.75) is 31.4 Å². The number of carbonyl (C=O) groups excluding carboxylic acids is 1. The number of aromatic nitrogens is 1. The van der Waals surface area contributed by atoms with E-state index in [1.54, 1.807) is 7.11 Å². The van der Waals surface area contributed by atoms with Gasteiger partial charge in [0.1, 0.15) is 0 Å². The van der Waals surface area contributed by atoms with Crippen molar-refractivity contribution in [3.05, 3.63) is 24.0 Å². The normalized spacial score (nSPS) is 26.6. The number of nitrogens with zero attached hydrogens (tertiary/aromatic N) is 1. The lowest BCUT2D eigenvalue weighted by molar-refractivity contribution is 0.0739. The Morgan fingerprint density at radius 1 is 1.57 bits per heavy atom. The molecule has 3 heteroatoms. The average molecular weight is 193 g/mol. The van der Waals surface area contributed by atoms with Crippen LogP contribution in [-0.4, -0.2) is 24.1 Å². The van der Waals surface area contributed by atoms with E-state index in [2.05, 4.69) is 0 Å². The molecular weight excluding hydrogens is 178 g/mol. The highest BCUT2D eigenvalue weighted by molar-refractivity contribution is 5.72. The van der Waals surface area contributed by atoms with Gasteiger partial charge in [0.05, 0.1) is 17.8 Å². The lowest BCUT2D eigenvalue weighted by Gasteiger charge is -2.21. The van der Waals surface area contributed by atoms with Crippen LogP contribution in [-0.2, 0) is 4.74 Å². The predicted molar refractivity (Wildman–Crippen MR) is 53.5 cm³/mol. The molecule has 1 aliphatic carbocycles. The van der Waals surface area contributed by atoms with Gasteiger partial charge in [0.2, 0.25) is 0 Å². The minimum absolute atomic E-state index is 0.265. The zero-order valence-electron chi connectivity index (χ0n) is 8.35. The van der Waals surface area contributed by atoms with Gasteiger partial charge in [-0.2, -0.15) is 0 Å². The summed E-state index contributed by atoms with van der Waals surface area (Å²) in [6.07, 6.45) is 6.52. The lowest BCUT2D eigenvalue weighted by atomic mass is 10.2. The third-order valence-electron chi connectivity index (χ3n) is 3.01. The Hall–Kier alpha value is -1.09. The zero-order chi connectivity index (χ0) is 9.97. The van der Waals surface area contributed by atoms with E-state index in [0.717, 1.165) is 24.8 Å². The smallest absolute Gasteiger partial charge is 0.166 e. The minimum atomic E-state index is 0.265. The molecule has 76 valence electrons. The van der Waals surface area contributed by atoms with E-state index >= 15 is 0 Å². The highest BCUT2D eigenvalue weighted by Gasteiger charge is 2.29. The van der Waals surface area contributed by atoms with Crippen LogP contribution in [0, 0.1) is 0 Å². The van der Waals surface area contributed by atoms with Crippen molar-refractivity contribution in [1.82, 2.24) is 4.57 Å². The van der Waals surface area contributed by atoms with Gasteiger partial charge in [0, 0.05) is 13.3 Å². The molecule has 1 aromatic rings. The molecule has 1 aliphatic rings. The van der Waals surface area contributed by atoms with Gasteiger partial charge in [0.25, 0.3) is 0 Å². The fourth-order valence-corrected chi connectivity index (χ4v) is 2.31. The Balaban J connectivity index is 2.25. The molecule has 0 aliphatic heterocycles. The predicted octanol–water partition coefficient (Wildman–Crippen LogP) is 2.04. The van der Waals surface area contributed by atoms with E-state index in [1.165, 1.54) is 6.42 Å². The monoisotopic (exact) mass is 193 g/mol. The van der Waals surface area contributed by atoms with Gasteiger partial charge in [0.15, 0.2) is 6.29 Å². The second-order valence-electron chi connectivity index (χ2n) is 3.73. The third kappa shape index (κ3) is 1.48. The van der Waals surface area contributed by atoms with Crippen LogP contribution in [0.1, 0.15) is 35.8 Å². The summed E-state index contributed by atoms with van der Waals surface area (Å²) in [5.74, 6) is 0. The van der Waals surface area contributed by atoms with Crippen molar-refractivity contribution in [2.75, 3.05) is 7.11 Å². The SMILES string of the molecule is COC1CCCC1n1cccc1C=O. The lowest BCUT2D eigenvalue weighted by Crippen LogP contribution is -2.21. The summed E-state index contributed by atoms with van der Waals surface area (Å²) in [5, 5.41) is 0. The molecule has 2 unspecified atom stereocenters. The second kappa shape index (κ2) is 3.96. The first-order valence-corrected chi connectivity index (χ1v) is 5.01. The van der Waals surface area contributed by atoms with Crippen molar-refractivity contribution in [2.24, 2.45) is 0 Å². The molecule has 0 amide bonds. The molecule has 0 aromatic carbocycles. The van der Waals surface area contributed by atoms with E-state index in [-0.39, 0.29) is 6.10 Å². The van der Waals surface area contributed by atoms with Crippen LogP contribution >= 0.6 is 0 Å². The van der Waals surface area contributed by atoms with Gasteiger partial charge in [-0.25, -0.2) is 0 Å². The van der Waals surface area contributed by atoms with Gasteiger partial charge in [-0.1, -0.05) is 0 Å². The van der Waals surface area contributed by atoms with E-state index < -0.39 is 0 Å². The highest BCUT2D eigenvalue weighted by Crippen LogP contribution is 2.32. The molecule has 0 radical (unpaired) electrons. The topological polar surface area (TPSA) is 31.2 Å². The fraction of sp³-hybridized carbons (Fsp3) is 0.545. The van der Waals surface area contributed by atoms with Crippen LogP contribution in [0.2, 0.25) is 0 Å². The molecule has 2 rings (SSSR count). The summed E-state index contributed by atoms with van der Waals surface area (Å²) in [7, 11) is 1.74. The number of carbonyl (C=O) groups is 1. The van der Waals surface area contributed by atoms with Crippen LogP contribution < -0.4 is 0 Å². The Labute approximate surface area is 83.7 Å². The van der Waals surface area contributed by atoms with Gasteiger partial charge < -0.3 is 9.30 Å². The zero-order valence-corrected chi connectivity index (χ0v) is 8.35. The molecule has 1 aromatic heterocycles. The fourth-order valence-electron chi connectivity index (χ4n) is 2.31. The molecule has 3 nitrogen and oxygen atoms in total. The first-order chi connectivity index (χ1) is 6.86. The number of hydrogen-bond acceptors (Lipinski definition) is 2. The number of aldehydes is 1. The molecule has 0 bridgehead atoms. The largest absolute Gasteiger partial charge is 0.379 e. The van der Waals surface area contributed by atoms with Crippen molar-refractivity contribution >= 4 is 6.29 Å². The summed E-state index contributed by atoms with van der Waals surface area (Å²) in [5.41, 5.74) is 0.749. The summed E-state index contributed by atoms with van der Waals surface area (Å²) in [6.45, 7) is 0. The Morgan fingerprint density at radius 2 is 2.43 bits per heavy atom. The van der Waals surface area contributed by atoms with Crippen LogP contribution in [0.3, 0.4) is 0 Å². The van der Waals surface area contributed by atoms with Crippen LogP contribution in [0.15, 0.2) is 18.3 Å². The Bertz CT molecular complexity index is 319. The summed E-state index contributed by atoms with van der Waals surface area (Å²) in [4.78, 5) is 10.8. The van der Waals surface area contributed by atoms with Crippen molar-refractivity contribution in [1.29, 1.82) is 0 Å².